The van der Waals surface area contributed by atoms with Gasteiger partial charge in [0.1, 0.15) is 0 Å². The fourth-order valence-corrected chi connectivity index (χ4v) is 2.01. The van der Waals surface area contributed by atoms with Crippen molar-refractivity contribution in [2.45, 2.75) is 12.0 Å². The molecule has 0 aliphatic carbocycles. The van der Waals surface area contributed by atoms with Crippen molar-refractivity contribution in [3.8, 4) is 6.07 Å². The molecular formula is C13H13ClN2O2. The highest BCUT2D eigenvalue weighted by Crippen LogP contribution is 2.12. The lowest BCUT2D eigenvalue weighted by atomic mass is 10.1. The van der Waals surface area contributed by atoms with Gasteiger partial charge in [-0.1, -0.05) is 12.1 Å². The highest BCUT2D eigenvalue weighted by atomic mass is 35.5. The van der Waals surface area contributed by atoms with E-state index in [-0.39, 0.29) is 5.91 Å². The number of ether oxygens (including phenoxy) is 1. The molecule has 4 nitrogen and oxygen atoms in total. The van der Waals surface area contributed by atoms with Crippen molar-refractivity contribution >= 4 is 17.5 Å². The topological polar surface area (TPSA) is 53.3 Å². The Morgan fingerprint density at radius 1 is 1.50 bits per heavy atom. The second kappa shape index (κ2) is 5.85. The van der Waals surface area contributed by atoms with Crippen molar-refractivity contribution < 1.29 is 9.53 Å². The van der Waals surface area contributed by atoms with E-state index in [1.807, 2.05) is 18.2 Å². The quantitative estimate of drug-likeness (QED) is 0.766. The summed E-state index contributed by atoms with van der Waals surface area (Å²) in [6, 6.07) is 9.22. The standard InChI is InChI=1S/C13H13ClN2O2/c14-7-10-1-3-11(4-2-10)13(17)16-5-6-18-12(8-15)9-16/h1-4,12H,5-7,9H2. The lowest BCUT2D eigenvalue weighted by molar-refractivity contribution is 0.00347. The molecule has 0 aromatic heterocycles. The summed E-state index contributed by atoms with van der Waals surface area (Å²) in [7, 11) is 0. The number of hydrogen-bond donors (Lipinski definition) is 0. The van der Waals surface area contributed by atoms with Crippen molar-refractivity contribution in [1.29, 1.82) is 5.26 Å². The van der Waals surface area contributed by atoms with E-state index >= 15 is 0 Å². The molecule has 18 heavy (non-hydrogen) atoms. The van der Waals surface area contributed by atoms with Gasteiger partial charge in [-0.25, -0.2) is 0 Å². The SMILES string of the molecule is N#CC1CN(C(=O)c2ccc(CCl)cc2)CCO1. The number of nitriles is 1. The van der Waals surface area contributed by atoms with E-state index in [4.69, 9.17) is 21.6 Å². The van der Waals surface area contributed by atoms with Crippen LogP contribution in [0.25, 0.3) is 0 Å². The smallest absolute Gasteiger partial charge is 0.254 e. The van der Waals surface area contributed by atoms with Crippen LogP contribution < -0.4 is 0 Å². The zero-order valence-corrected chi connectivity index (χ0v) is 10.6. The molecule has 1 atom stereocenters. The fourth-order valence-electron chi connectivity index (χ4n) is 1.83. The molecule has 1 aliphatic rings. The minimum Gasteiger partial charge on any atom is -0.360 e. The number of nitrogens with zero attached hydrogens (tertiary/aromatic N) is 2. The summed E-state index contributed by atoms with van der Waals surface area (Å²) in [5, 5.41) is 8.80. The highest BCUT2D eigenvalue weighted by molar-refractivity contribution is 6.17. The molecule has 1 unspecified atom stereocenters. The molecule has 5 heteroatoms. The molecule has 0 bridgehead atoms. The van der Waals surface area contributed by atoms with Gasteiger partial charge in [-0.2, -0.15) is 5.26 Å². The van der Waals surface area contributed by atoms with E-state index in [2.05, 4.69) is 0 Å². The Labute approximate surface area is 111 Å². The van der Waals surface area contributed by atoms with Crippen LogP contribution in [-0.2, 0) is 10.6 Å². The van der Waals surface area contributed by atoms with Crippen LogP contribution in [0.2, 0.25) is 0 Å². The first-order valence-corrected chi connectivity index (χ1v) is 6.23. The van der Waals surface area contributed by atoms with Crippen LogP contribution in [0.15, 0.2) is 24.3 Å². The Kier molecular flexibility index (Phi) is 4.19. The molecule has 0 spiro atoms. The van der Waals surface area contributed by atoms with Gasteiger partial charge in [-0.3, -0.25) is 4.79 Å². The van der Waals surface area contributed by atoms with E-state index in [0.717, 1.165) is 5.56 Å². The van der Waals surface area contributed by atoms with Gasteiger partial charge in [0.05, 0.1) is 19.2 Å². The van der Waals surface area contributed by atoms with E-state index in [1.165, 1.54) is 0 Å². The third-order valence-electron chi connectivity index (χ3n) is 2.85. The molecule has 0 N–H and O–H groups in total. The fraction of sp³-hybridized carbons (Fsp3) is 0.385. The summed E-state index contributed by atoms with van der Waals surface area (Å²) < 4.78 is 5.21. The van der Waals surface area contributed by atoms with Gasteiger partial charge in [0.25, 0.3) is 5.91 Å². The average molecular weight is 265 g/mol. The summed E-state index contributed by atoms with van der Waals surface area (Å²) in [5.41, 5.74) is 1.59. The Hall–Kier alpha value is -1.57. The number of morpholine rings is 1. The normalized spacial score (nSPS) is 19.3. The van der Waals surface area contributed by atoms with Crippen molar-refractivity contribution in [2.75, 3.05) is 19.7 Å². The number of alkyl halides is 1. The van der Waals surface area contributed by atoms with Crippen LogP contribution >= 0.6 is 11.6 Å². The first-order chi connectivity index (χ1) is 8.74. The van der Waals surface area contributed by atoms with Crippen molar-refractivity contribution in [3.63, 3.8) is 0 Å². The Balaban J connectivity index is 2.08. The molecular weight excluding hydrogens is 252 g/mol. The average Bonchev–Trinajstić information content (AvgIpc) is 2.46. The predicted molar refractivity (Wildman–Crippen MR) is 67.3 cm³/mol. The molecule has 1 amide bonds. The van der Waals surface area contributed by atoms with Gasteiger partial charge in [0, 0.05) is 18.0 Å². The van der Waals surface area contributed by atoms with Crippen molar-refractivity contribution in [3.05, 3.63) is 35.4 Å². The number of halogens is 1. The number of benzene rings is 1. The largest absolute Gasteiger partial charge is 0.360 e. The van der Waals surface area contributed by atoms with Gasteiger partial charge < -0.3 is 9.64 Å². The van der Waals surface area contributed by atoms with Crippen LogP contribution in [0, 0.1) is 11.3 Å². The number of rotatable bonds is 2. The molecule has 1 aliphatic heterocycles. The molecule has 0 radical (unpaired) electrons. The van der Waals surface area contributed by atoms with Crippen molar-refractivity contribution in [1.82, 2.24) is 4.90 Å². The summed E-state index contributed by atoms with van der Waals surface area (Å²) in [6.45, 7) is 1.25. The van der Waals surface area contributed by atoms with Gasteiger partial charge in [0.15, 0.2) is 6.10 Å². The van der Waals surface area contributed by atoms with E-state index in [1.54, 1.807) is 17.0 Å². The monoisotopic (exact) mass is 264 g/mol. The van der Waals surface area contributed by atoms with Gasteiger partial charge in [-0.15, -0.1) is 11.6 Å². The molecule has 1 saturated heterocycles. The molecule has 1 heterocycles. The van der Waals surface area contributed by atoms with Gasteiger partial charge in [-0.05, 0) is 17.7 Å². The van der Waals surface area contributed by atoms with Crippen LogP contribution in [-0.4, -0.2) is 36.6 Å². The Morgan fingerprint density at radius 3 is 2.83 bits per heavy atom. The first kappa shape index (κ1) is 12.9. The highest BCUT2D eigenvalue weighted by Gasteiger charge is 2.24. The molecule has 2 rings (SSSR count). The summed E-state index contributed by atoms with van der Waals surface area (Å²) in [6.07, 6.45) is -0.523. The van der Waals surface area contributed by atoms with E-state index in [0.29, 0.717) is 31.1 Å². The number of amides is 1. The minimum atomic E-state index is -0.523. The second-order valence-corrected chi connectivity index (χ2v) is 4.34. The molecule has 1 fully saturated rings. The summed E-state index contributed by atoms with van der Waals surface area (Å²) in [4.78, 5) is 13.8. The first-order valence-electron chi connectivity index (χ1n) is 5.70. The Bertz CT molecular complexity index is 467. The maximum absolute atomic E-state index is 12.2. The maximum atomic E-state index is 12.2. The van der Waals surface area contributed by atoms with Crippen LogP contribution in [0.5, 0.6) is 0 Å². The van der Waals surface area contributed by atoms with Crippen LogP contribution in [0.1, 0.15) is 15.9 Å². The van der Waals surface area contributed by atoms with Crippen LogP contribution in [0.4, 0.5) is 0 Å². The molecule has 94 valence electrons. The summed E-state index contributed by atoms with van der Waals surface area (Å²) >= 11 is 5.70. The number of carbonyl (C=O) groups is 1. The molecule has 1 aromatic carbocycles. The van der Waals surface area contributed by atoms with Gasteiger partial charge >= 0.3 is 0 Å². The second-order valence-electron chi connectivity index (χ2n) is 4.07. The van der Waals surface area contributed by atoms with Crippen molar-refractivity contribution in [2.24, 2.45) is 0 Å². The zero-order chi connectivity index (χ0) is 13.0. The summed E-state index contributed by atoms with van der Waals surface area (Å²) in [5.74, 6) is 0.363. The number of hydrogen-bond acceptors (Lipinski definition) is 3. The zero-order valence-electron chi connectivity index (χ0n) is 9.80. The predicted octanol–water partition coefficient (Wildman–Crippen LogP) is 1.79. The third kappa shape index (κ3) is 2.81. The lowest BCUT2D eigenvalue weighted by Crippen LogP contribution is -2.45. The Morgan fingerprint density at radius 2 is 2.22 bits per heavy atom. The maximum Gasteiger partial charge on any atom is 0.254 e. The van der Waals surface area contributed by atoms with E-state index < -0.39 is 6.10 Å². The molecule has 1 aromatic rings. The minimum absolute atomic E-state index is 0.0697. The van der Waals surface area contributed by atoms with Gasteiger partial charge in [0.2, 0.25) is 0 Å². The molecule has 0 saturated carbocycles. The van der Waals surface area contributed by atoms with Crippen LogP contribution in [0.3, 0.4) is 0 Å². The lowest BCUT2D eigenvalue weighted by Gasteiger charge is -2.29. The van der Waals surface area contributed by atoms with E-state index in [9.17, 15) is 4.79 Å². The number of carbonyl (C=O) groups excluding carboxylic acids is 1. The third-order valence-corrected chi connectivity index (χ3v) is 3.16.